The topological polar surface area (TPSA) is 52.6 Å². The van der Waals surface area contributed by atoms with E-state index in [0.717, 1.165) is 25.7 Å². The molecule has 18 heavy (non-hydrogen) atoms. The van der Waals surface area contributed by atoms with Crippen molar-refractivity contribution in [1.29, 1.82) is 0 Å². The van der Waals surface area contributed by atoms with Crippen molar-refractivity contribution in [1.82, 2.24) is 0 Å². The summed E-state index contributed by atoms with van der Waals surface area (Å²) in [5.41, 5.74) is 0.433. The number of methoxy groups -OCH3 is 1. The van der Waals surface area contributed by atoms with Crippen molar-refractivity contribution in [2.45, 2.75) is 52.9 Å². The fourth-order valence-corrected chi connectivity index (χ4v) is 0.898. The van der Waals surface area contributed by atoms with E-state index < -0.39 is 0 Å². The fourth-order valence-electron chi connectivity index (χ4n) is 0.898. The average molecular weight is 258 g/mol. The largest absolute Gasteiger partial charge is 0.466 e. The van der Waals surface area contributed by atoms with Crippen LogP contribution in [-0.2, 0) is 19.1 Å². The monoisotopic (exact) mass is 258 g/mol. The van der Waals surface area contributed by atoms with E-state index in [2.05, 4.69) is 25.2 Å². The molecular weight excluding hydrogens is 232 g/mol. The Bertz CT molecular complexity index is 246. The van der Waals surface area contributed by atoms with Gasteiger partial charge < -0.3 is 9.47 Å². The highest BCUT2D eigenvalue weighted by Crippen LogP contribution is 1.97. The van der Waals surface area contributed by atoms with Crippen LogP contribution in [0.4, 0.5) is 0 Å². The Balaban J connectivity index is 0. The summed E-state index contributed by atoms with van der Waals surface area (Å²) in [5.74, 6) is -0.389. The quantitative estimate of drug-likeness (QED) is 0.399. The number of rotatable bonds is 7. The van der Waals surface area contributed by atoms with Crippen molar-refractivity contribution < 1.29 is 19.1 Å². The molecule has 0 saturated carbocycles. The van der Waals surface area contributed by atoms with Crippen molar-refractivity contribution >= 4 is 11.9 Å². The molecule has 0 N–H and O–H groups in total. The maximum Gasteiger partial charge on any atom is 0.332 e. The van der Waals surface area contributed by atoms with Gasteiger partial charge >= 0.3 is 11.9 Å². The maximum atomic E-state index is 10.9. The second-order valence-electron chi connectivity index (χ2n) is 3.95. The van der Waals surface area contributed by atoms with E-state index in [1.807, 2.05) is 0 Å². The Kier molecular flexibility index (Phi) is 14.5. The highest BCUT2D eigenvalue weighted by molar-refractivity contribution is 5.86. The van der Waals surface area contributed by atoms with Crippen LogP contribution in [0.5, 0.6) is 0 Å². The third kappa shape index (κ3) is 14.7. The molecule has 0 aliphatic carbocycles. The highest BCUT2D eigenvalue weighted by Gasteiger charge is 1.99. The molecule has 0 aliphatic heterocycles. The lowest BCUT2D eigenvalue weighted by atomic mass is 10.2. The molecule has 0 saturated heterocycles. The zero-order valence-electron chi connectivity index (χ0n) is 12.1. The third-order valence-corrected chi connectivity index (χ3v) is 2.03. The molecule has 4 heteroatoms. The van der Waals surface area contributed by atoms with Gasteiger partial charge in [0, 0.05) is 12.0 Å². The van der Waals surface area contributed by atoms with E-state index in [1.54, 1.807) is 6.92 Å². The second kappa shape index (κ2) is 13.7. The molecule has 0 atom stereocenters. The maximum absolute atomic E-state index is 10.9. The minimum Gasteiger partial charge on any atom is -0.466 e. The summed E-state index contributed by atoms with van der Waals surface area (Å²) in [6.07, 6.45) is 4.66. The molecule has 0 aromatic heterocycles. The van der Waals surface area contributed by atoms with Gasteiger partial charge in [0.2, 0.25) is 0 Å². The van der Waals surface area contributed by atoms with Gasteiger partial charge in [-0.05, 0) is 19.8 Å². The molecule has 0 heterocycles. The van der Waals surface area contributed by atoms with Crippen molar-refractivity contribution in [3.63, 3.8) is 0 Å². The van der Waals surface area contributed by atoms with Crippen molar-refractivity contribution in [3.05, 3.63) is 12.2 Å². The number of carbonyl (C=O) groups excluding carboxylic acids is 2. The number of hydrogen-bond acceptors (Lipinski definition) is 4. The summed E-state index contributed by atoms with van der Waals surface area (Å²) in [6.45, 7) is 9.70. The van der Waals surface area contributed by atoms with E-state index in [9.17, 15) is 9.59 Å². The van der Waals surface area contributed by atoms with Crippen LogP contribution in [0.2, 0.25) is 0 Å². The Labute approximate surface area is 110 Å². The first-order chi connectivity index (χ1) is 8.49. The van der Waals surface area contributed by atoms with Gasteiger partial charge in [-0.1, -0.05) is 33.3 Å². The fraction of sp³-hybridized carbons (Fsp3) is 0.714. The average Bonchev–Trinajstić information content (AvgIpc) is 2.36. The van der Waals surface area contributed by atoms with Crippen LogP contribution in [0.3, 0.4) is 0 Å². The Hall–Kier alpha value is -1.32. The first kappa shape index (κ1) is 19.0. The van der Waals surface area contributed by atoms with Gasteiger partial charge in [0.15, 0.2) is 0 Å². The van der Waals surface area contributed by atoms with E-state index in [1.165, 1.54) is 7.11 Å². The summed E-state index contributed by atoms with van der Waals surface area (Å²) < 4.78 is 9.22. The molecule has 0 unspecified atom stereocenters. The van der Waals surface area contributed by atoms with Crippen LogP contribution in [-0.4, -0.2) is 25.7 Å². The summed E-state index contributed by atoms with van der Waals surface area (Å²) >= 11 is 0. The molecule has 0 amide bonds. The molecule has 0 rings (SSSR count). The molecule has 0 spiro atoms. The summed E-state index contributed by atoms with van der Waals surface area (Å²) in [7, 11) is 1.33. The summed E-state index contributed by atoms with van der Waals surface area (Å²) in [5, 5.41) is 0. The third-order valence-electron chi connectivity index (χ3n) is 2.03. The molecule has 0 aromatic carbocycles. The number of esters is 2. The minimum absolute atomic E-state index is 0.0414. The van der Waals surface area contributed by atoms with Gasteiger partial charge in [-0.2, -0.15) is 0 Å². The second-order valence-corrected chi connectivity index (χ2v) is 3.95. The lowest BCUT2D eigenvalue weighted by molar-refractivity contribution is -0.143. The smallest absolute Gasteiger partial charge is 0.332 e. The van der Waals surface area contributed by atoms with Crippen LogP contribution < -0.4 is 0 Å². The number of unbranched alkanes of at least 4 members (excludes halogenated alkanes) is 2. The van der Waals surface area contributed by atoms with Crippen LogP contribution in [0.25, 0.3) is 0 Å². The molecule has 0 radical (unpaired) electrons. The number of ether oxygens (including phenoxy) is 2. The molecule has 0 aromatic rings. The molecular formula is C14H26O4. The number of hydrogen-bond donors (Lipinski definition) is 0. The predicted octanol–water partition coefficient (Wildman–Crippen LogP) is 3.26. The Morgan fingerprint density at radius 1 is 1.11 bits per heavy atom. The lowest BCUT2D eigenvalue weighted by Crippen LogP contribution is -2.04. The van der Waals surface area contributed by atoms with Crippen LogP contribution in [0.15, 0.2) is 12.2 Å². The van der Waals surface area contributed by atoms with Crippen LogP contribution >= 0.6 is 0 Å². The first-order valence-electron chi connectivity index (χ1n) is 6.38. The molecule has 106 valence electrons. The minimum atomic E-state index is -0.347. The van der Waals surface area contributed by atoms with Crippen molar-refractivity contribution in [2.75, 3.05) is 13.7 Å². The lowest BCUT2D eigenvalue weighted by Gasteiger charge is -2.01. The Morgan fingerprint density at radius 3 is 2.00 bits per heavy atom. The van der Waals surface area contributed by atoms with Crippen molar-refractivity contribution in [2.24, 2.45) is 0 Å². The van der Waals surface area contributed by atoms with Gasteiger partial charge in [0.1, 0.15) is 0 Å². The molecule has 4 nitrogen and oxygen atoms in total. The summed E-state index contributed by atoms with van der Waals surface area (Å²) in [4.78, 5) is 21.0. The van der Waals surface area contributed by atoms with E-state index in [4.69, 9.17) is 4.74 Å². The number of carbonyl (C=O) groups is 2. The van der Waals surface area contributed by atoms with Crippen molar-refractivity contribution in [3.8, 4) is 0 Å². The highest BCUT2D eigenvalue weighted by atomic mass is 16.5. The van der Waals surface area contributed by atoms with Crippen LogP contribution in [0.1, 0.15) is 52.9 Å². The SMILES string of the molecule is C=C(C)C(=O)OC.CCCCOC(=O)CCCC. The van der Waals surface area contributed by atoms with Gasteiger partial charge in [-0.25, -0.2) is 4.79 Å². The standard InChI is InChI=1S/C9H18O2.C5H8O2/c1-3-5-7-9(10)11-8-6-4-2;1-4(2)5(6)7-3/h3-8H2,1-2H3;1H2,2-3H3. The molecule has 0 aliphatic rings. The van der Waals surface area contributed by atoms with E-state index in [-0.39, 0.29) is 11.9 Å². The van der Waals surface area contributed by atoms with Gasteiger partial charge in [-0.15, -0.1) is 0 Å². The van der Waals surface area contributed by atoms with E-state index in [0.29, 0.717) is 18.6 Å². The first-order valence-corrected chi connectivity index (χ1v) is 6.38. The van der Waals surface area contributed by atoms with Gasteiger partial charge in [-0.3, -0.25) is 4.79 Å². The van der Waals surface area contributed by atoms with E-state index >= 15 is 0 Å². The molecule has 0 bridgehead atoms. The zero-order valence-corrected chi connectivity index (χ0v) is 12.1. The normalized spacial score (nSPS) is 8.89. The predicted molar refractivity (Wildman–Crippen MR) is 72.2 cm³/mol. The van der Waals surface area contributed by atoms with Crippen LogP contribution in [0, 0.1) is 0 Å². The zero-order chi connectivity index (χ0) is 14.4. The molecule has 0 fully saturated rings. The summed E-state index contributed by atoms with van der Waals surface area (Å²) in [6, 6.07) is 0. The van der Waals surface area contributed by atoms with Gasteiger partial charge in [0.05, 0.1) is 13.7 Å². The Morgan fingerprint density at radius 2 is 1.67 bits per heavy atom. The van der Waals surface area contributed by atoms with Gasteiger partial charge in [0.25, 0.3) is 0 Å².